The summed E-state index contributed by atoms with van der Waals surface area (Å²) in [6.07, 6.45) is 11.7. The van der Waals surface area contributed by atoms with Gasteiger partial charge in [-0.2, -0.15) is 0 Å². The molecule has 1 unspecified atom stereocenters. The van der Waals surface area contributed by atoms with Gasteiger partial charge in [-0.25, -0.2) is 4.79 Å². The van der Waals surface area contributed by atoms with E-state index in [2.05, 4.69) is 11.0 Å². The second kappa shape index (κ2) is 4.39. The summed E-state index contributed by atoms with van der Waals surface area (Å²) in [5.41, 5.74) is 1.66. The normalized spacial score (nSPS) is 22.4. The molecule has 2 aliphatic rings. The highest BCUT2D eigenvalue weighted by Crippen LogP contribution is 2.26. The Morgan fingerprint density at radius 1 is 1.44 bits per heavy atom. The molecule has 0 fully saturated rings. The summed E-state index contributed by atoms with van der Waals surface area (Å²) in [6, 6.07) is 0.148. The molecule has 3 nitrogen and oxygen atoms in total. The highest BCUT2D eigenvalue weighted by atomic mass is 16.5. The van der Waals surface area contributed by atoms with Crippen LogP contribution in [-0.2, 0) is 9.53 Å². The summed E-state index contributed by atoms with van der Waals surface area (Å²) < 4.78 is 5.04. The van der Waals surface area contributed by atoms with Crippen molar-refractivity contribution in [2.75, 3.05) is 13.7 Å². The molecule has 16 heavy (non-hydrogen) atoms. The first-order chi connectivity index (χ1) is 7.74. The quantitative estimate of drug-likeness (QED) is 0.660. The minimum Gasteiger partial charge on any atom is -0.462 e. The molecule has 84 valence electrons. The van der Waals surface area contributed by atoms with Gasteiger partial charge in [-0.3, -0.25) is 0 Å². The maximum atomic E-state index is 11.8. The van der Waals surface area contributed by atoms with Crippen LogP contribution in [-0.4, -0.2) is 30.6 Å². The highest BCUT2D eigenvalue weighted by molar-refractivity contribution is 5.94. The van der Waals surface area contributed by atoms with E-state index in [9.17, 15) is 4.79 Å². The number of carbonyl (C=O) groups is 1. The van der Waals surface area contributed by atoms with Gasteiger partial charge in [0.2, 0.25) is 0 Å². The molecule has 3 heteroatoms. The number of hydrogen-bond donors (Lipinski definition) is 0. The number of carbonyl (C=O) groups excluding carboxylic acids is 1. The number of esters is 1. The lowest BCUT2D eigenvalue weighted by molar-refractivity contribution is -0.138. The van der Waals surface area contributed by atoms with E-state index in [1.807, 2.05) is 44.5 Å². The van der Waals surface area contributed by atoms with Crippen molar-refractivity contribution < 1.29 is 9.53 Å². The van der Waals surface area contributed by atoms with Crippen LogP contribution in [0.15, 0.2) is 47.7 Å². The van der Waals surface area contributed by atoms with E-state index in [1.54, 1.807) is 0 Å². The van der Waals surface area contributed by atoms with E-state index in [4.69, 9.17) is 4.74 Å². The first-order valence-corrected chi connectivity index (χ1v) is 5.40. The fourth-order valence-electron chi connectivity index (χ4n) is 1.91. The Hall–Kier alpha value is -1.77. The van der Waals surface area contributed by atoms with E-state index in [0.29, 0.717) is 12.2 Å². The smallest absolute Gasteiger partial charge is 0.338 e. The molecule has 1 heterocycles. The maximum absolute atomic E-state index is 11.8. The molecule has 0 aromatic rings. The summed E-state index contributed by atoms with van der Waals surface area (Å²) in [5, 5.41) is 0. The number of nitrogens with zero attached hydrogens (tertiary/aromatic N) is 1. The average molecular weight is 217 g/mol. The second-order valence-corrected chi connectivity index (χ2v) is 3.76. The Morgan fingerprint density at radius 3 is 3.00 bits per heavy atom. The Balaban J connectivity index is 2.36. The third kappa shape index (κ3) is 1.81. The van der Waals surface area contributed by atoms with Gasteiger partial charge in [0, 0.05) is 13.2 Å². The zero-order valence-corrected chi connectivity index (χ0v) is 9.51. The molecule has 0 N–H and O–H groups in total. The zero-order valence-electron chi connectivity index (χ0n) is 9.51. The lowest BCUT2D eigenvalue weighted by Gasteiger charge is -2.31. The average Bonchev–Trinajstić information content (AvgIpc) is 2.30. The molecule has 0 aromatic carbocycles. The molecule has 1 aliphatic carbocycles. The fraction of sp³-hybridized carbons (Fsp3) is 0.308. The van der Waals surface area contributed by atoms with Gasteiger partial charge < -0.3 is 9.64 Å². The number of allylic oxidation sites excluding steroid dienone is 2. The van der Waals surface area contributed by atoms with Crippen molar-refractivity contribution in [3.63, 3.8) is 0 Å². The SMILES string of the molecule is CCOC(=O)C1=C2C=CC=CC2N(C)C=C1. The van der Waals surface area contributed by atoms with Crippen molar-refractivity contribution in [1.82, 2.24) is 4.90 Å². The van der Waals surface area contributed by atoms with E-state index in [-0.39, 0.29) is 12.0 Å². The zero-order chi connectivity index (χ0) is 11.5. The number of hydrogen-bond acceptors (Lipinski definition) is 3. The lowest BCUT2D eigenvalue weighted by Crippen LogP contribution is -2.32. The minimum absolute atomic E-state index is 0.148. The first kappa shape index (κ1) is 10.7. The van der Waals surface area contributed by atoms with E-state index in [0.717, 1.165) is 5.57 Å². The Morgan fingerprint density at radius 2 is 2.25 bits per heavy atom. The third-order valence-corrected chi connectivity index (χ3v) is 2.72. The van der Waals surface area contributed by atoms with E-state index in [1.165, 1.54) is 0 Å². The van der Waals surface area contributed by atoms with Crippen LogP contribution in [0.5, 0.6) is 0 Å². The molecular formula is C13H15NO2. The molecule has 0 spiro atoms. The van der Waals surface area contributed by atoms with Gasteiger partial charge in [0.1, 0.15) is 0 Å². The molecule has 0 bridgehead atoms. The Bertz CT molecular complexity index is 416. The summed E-state index contributed by atoms with van der Waals surface area (Å²) in [4.78, 5) is 13.8. The van der Waals surface area contributed by atoms with Crippen molar-refractivity contribution in [2.45, 2.75) is 13.0 Å². The number of likely N-dealkylation sites (N-methyl/N-ethyl adjacent to an activating group) is 1. The van der Waals surface area contributed by atoms with Crippen molar-refractivity contribution >= 4 is 5.97 Å². The van der Waals surface area contributed by atoms with Crippen molar-refractivity contribution in [3.8, 4) is 0 Å². The number of fused-ring (bicyclic) bond motifs is 1. The van der Waals surface area contributed by atoms with Crippen LogP contribution in [0.1, 0.15) is 6.92 Å². The van der Waals surface area contributed by atoms with Crippen molar-refractivity contribution in [1.29, 1.82) is 0 Å². The monoisotopic (exact) mass is 217 g/mol. The van der Waals surface area contributed by atoms with Gasteiger partial charge in [0.25, 0.3) is 0 Å². The lowest BCUT2D eigenvalue weighted by atomic mass is 9.93. The van der Waals surface area contributed by atoms with Crippen LogP contribution in [0.25, 0.3) is 0 Å². The van der Waals surface area contributed by atoms with Crippen LogP contribution in [0.4, 0.5) is 0 Å². The van der Waals surface area contributed by atoms with Gasteiger partial charge in [-0.1, -0.05) is 24.3 Å². The molecular weight excluding hydrogens is 202 g/mol. The largest absolute Gasteiger partial charge is 0.462 e. The van der Waals surface area contributed by atoms with Gasteiger partial charge in [0.15, 0.2) is 0 Å². The second-order valence-electron chi connectivity index (χ2n) is 3.76. The molecule has 0 saturated heterocycles. The van der Waals surface area contributed by atoms with Crippen molar-refractivity contribution in [3.05, 3.63) is 47.7 Å². The van der Waals surface area contributed by atoms with Gasteiger partial charge in [-0.15, -0.1) is 0 Å². The maximum Gasteiger partial charge on any atom is 0.338 e. The summed E-state index contributed by atoms with van der Waals surface area (Å²) in [5.74, 6) is -0.244. The molecule has 0 saturated carbocycles. The van der Waals surface area contributed by atoms with Crippen LogP contribution in [0.3, 0.4) is 0 Å². The van der Waals surface area contributed by atoms with Gasteiger partial charge in [-0.05, 0) is 18.6 Å². The fourth-order valence-corrected chi connectivity index (χ4v) is 1.91. The van der Waals surface area contributed by atoms with Gasteiger partial charge >= 0.3 is 5.97 Å². The van der Waals surface area contributed by atoms with E-state index < -0.39 is 0 Å². The van der Waals surface area contributed by atoms with Gasteiger partial charge in [0.05, 0.1) is 18.2 Å². The molecule has 0 amide bonds. The van der Waals surface area contributed by atoms with E-state index >= 15 is 0 Å². The minimum atomic E-state index is -0.244. The Kier molecular flexibility index (Phi) is 2.95. The molecule has 1 atom stereocenters. The Labute approximate surface area is 95.4 Å². The predicted molar refractivity (Wildman–Crippen MR) is 62.6 cm³/mol. The standard InChI is InChI=1S/C13H15NO2/c1-3-16-13(15)11-8-9-14(2)12-7-5-4-6-10(11)12/h4-9,12H,3H2,1-2H3. The number of ether oxygens (including phenoxy) is 1. The predicted octanol–water partition coefficient (Wildman–Crippen LogP) is 1.80. The van der Waals surface area contributed by atoms with Crippen LogP contribution >= 0.6 is 0 Å². The summed E-state index contributed by atoms with van der Waals surface area (Å²) in [6.45, 7) is 2.22. The topological polar surface area (TPSA) is 29.5 Å². The highest BCUT2D eigenvalue weighted by Gasteiger charge is 2.25. The summed E-state index contributed by atoms with van der Waals surface area (Å²) >= 11 is 0. The van der Waals surface area contributed by atoms with Crippen molar-refractivity contribution in [2.24, 2.45) is 0 Å². The first-order valence-electron chi connectivity index (χ1n) is 5.40. The molecule has 0 radical (unpaired) electrons. The van der Waals surface area contributed by atoms with Crippen LogP contribution in [0, 0.1) is 0 Å². The summed E-state index contributed by atoms with van der Waals surface area (Å²) in [7, 11) is 1.99. The number of rotatable bonds is 2. The molecule has 2 rings (SSSR count). The van der Waals surface area contributed by atoms with Crippen LogP contribution < -0.4 is 0 Å². The molecule has 1 aliphatic heterocycles. The molecule has 0 aromatic heterocycles. The van der Waals surface area contributed by atoms with Crippen LogP contribution in [0.2, 0.25) is 0 Å². The third-order valence-electron chi connectivity index (χ3n) is 2.72.